The number of rotatable bonds is 6. The van der Waals surface area contributed by atoms with Crippen LogP contribution < -0.4 is 19.5 Å². The number of oxazole rings is 1. The molecule has 0 radical (unpaired) electrons. The molecule has 1 atom stereocenters. The van der Waals surface area contributed by atoms with E-state index in [9.17, 15) is 0 Å². The molecule has 0 saturated carbocycles. The molecule has 0 aliphatic heterocycles. The molecule has 0 saturated heterocycles. The molecular weight excluding hydrogens is 320 g/mol. The maximum absolute atomic E-state index is 5.59. The van der Waals surface area contributed by atoms with Crippen LogP contribution >= 0.6 is 0 Å². The average molecular weight is 342 g/mol. The zero-order valence-electron chi connectivity index (χ0n) is 15.0. The highest BCUT2D eigenvalue weighted by Crippen LogP contribution is 2.40. The van der Waals surface area contributed by atoms with E-state index < -0.39 is 0 Å². The van der Waals surface area contributed by atoms with Crippen molar-refractivity contribution in [1.82, 2.24) is 4.98 Å². The number of benzene rings is 2. The highest BCUT2D eigenvalue weighted by Gasteiger charge is 2.16. The van der Waals surface area contributed by atoms with Crippen LogP contribution in [0.2, 0.25) is 0 Å². The van der Waals surface area contributed by atoms with Crippen molar-refractivity contribution >= 4 is 16.8 Å². The van der Waals surface area contributed by atoms with Gasteiger partial charge in [0.1, 0.15) is 5.52 Å². The van der Waals surface area contributed by atoms with Crippen molar-refractivity contribution in [1.29, 1.82) is 0 Å². The normalized spacial score (nSPS) is 12.0. The number of nitrogens with zero attached hydrogens (tertiary/aromatic N) is 1. The number of methoxy groups -OCH3 is 3. The van der Waals surface area contributed by atoms with Gasteiger partial charge in [0.15, 0.2) is 23.0 Å². The van der Waals surface area contributed by atoms with Gasteiger partial charge in [0.25, 0.3) is 0 Å². The summed E-state index contributed by atoms with van der Waals surface area (Å²) in [7, 11) is 4.81. The number of anilines is 1. The lowest BCUT2D eigenvalue weighted by atomic mass is 10.1. The number of nitrogens with one attached hydrogen (secondary N) is 1. The molecule has 132 valence electrons. The van der Waals surface area contributed by atoms with Gasteiger partial charge in [0.05, 0.1) is 21.3 Å². The van der Waals surface area contributed by atoms with Crippen LogP contribution in [0.15, 0.2) is 34.7 Å². The lowest BCUT2D eigenvalue weighted by Gasteiger charge is -2.19. The van der Waals surface area contributed by atoms with Gasteiger partial charge in [0.2, 0.25) is 5.75 Å². The van der Waals surface area contributed by atoms with E-state index >= 15 is 0 Å². The second kappa shape index (κ2) is 6.93. The SMILES string of the molecule is COc1cc([C@H](C)Nc2ccc3nc(C)oc3c2)cc(OC)c1OC. The number of hydrogen-bond donors (Lipinski definition) is 1. The van der Waals surface area contributed by atoms with Gasteiger partial charge in [-0.1, -0.05) is 0 Å². The molecule has 1 heterocycles. The maximum atomic E-state index is 5.59. The first-order valence-corrected chi connectivity index (χ1v) is 7.99. The zero-order chi connectivity index (χ0) is 18.0. The van der Waals surface area contributed by atoms with E-state index in [-0.39, 0.29) is 6.04 Å². The fourth-order valence-corrected chi connectivity index (χ4v) is 2.81. The molecule has 2 aromatic carbocycles. The summed E-state index contributed by atoms with van der Waals surface area (Å²) >= 11 is 0. The Bertz CT molecular complexity index is 863. The van der Waals surface area contributed by atoms with Crippen molar-refractivity contribution in [2.45, 2.75) is 19.9 Å². The minimum absolute atomic E-state index is 0.0233. The summed E-state index contributed by atoms with van der Waals surface area (Å²) in [5.74, 6) is 2.50. The second-order valence-corrected chi connectivity index (χ2v) is 5.74. The standard InChI is InChI=1S/C19H22N2O4/c1-11(13-8-17(22-3)19(24-5)18(9-13)23-4)20-14-6-7-15-16(10-14)25-12(2)21-15/h6-11,20H,1-5H3/t11-/m0/s1. The summed E-state index contributed by atoms with van der Waals surface area (Å²) in [6.07, 6.45) is 0. The Kier molecular flexibility index (Phi) is 4.70. The molecule has 0 spiro atoms. The Balaban J connectivity index is 1.89. The maximum Gasteiger partial charge on any atom is 0.203 e. The minimum atomic E-state index is 0.0233. The van der Waals surface area contributed by atoms with Crippen LogP contribution in [0.25, 0.3) is 11.1 Å². The van der Waals surface area contributed by atoms with Crippen LogP contribution in [0.4, 0.5) is 5.69 Å². The van der Waals surface area contributed by atoms with E-state index in [1.807, 2.05) is 37.3 Å². The summed E-state index contributed by atoms with van der Waals surface area (Å²) in [5.41, 5.74) is 3.58. The van der Waals surface area contributed by atoms with Gasteiger partial charge in [-0.25, -0.2) is 4.98 Å². The molecular formula is C19H22N2O4. The first kappa shape index (κ1) is 17.0. The third kappa shape index (κ3) is 3.33. The third-order valence-corrected chi connectivity index (χ3v) is 4.07. The number of hydrogen-bond acceptors (Lipinski definition) is 6. The minimum Gasteiger partial charge on any atom is -0.493 e. The molecule has 0 bridgehead atoms. The number of aryl methyl sites for hydroxylation is 1. The monoisotopic (exact) mass is 342 g/mol. The van der Waals surface area contributed by atoms with E-state index in [0.717, 1.165) is 22.4 Å². The first-order chi connectivity index (χ1) is 12.0. The van der Waals surface area contributed by atoms with Crippen LogP contribution in [0.1, 0.15) is 24.4 Å². The largest absolute Gasteiger partial charge is 0.493 e. The van der Waals surface area contributed by atoms with Crippen molar-refractivity contribution < 1.29 is 18.6 Å². The lowest BCUT2D eigenvalue weighted by Crippen LogP contribution is -2.07. The van der Waals surface area contributed by atoms with Gasteiger partial charge in [-0.3, -0.25) is 0 Å². The van der Waals surface area contributed by atoms with E-state index in [4.69, 9.17) is 18.6 Å². The molecule has 6 nitrogen and oxygen atoms in total. The summed E-state index contributed by atoms with van der Waals surface area (Å²) in [6.45, 7) is 3.90. The Labute approximate surface area is 146 Å². The van der Waals surface area contributed by atoms with Crippen molar-refractivity contribution in [2.75, 3.05) is 26.6 Å². The van der Waals surface area contributed by atoms with Crippen molar-refractivity contribution in [3.63, 3.8) is 0 Å². The van der Waals surface area contributed by atoms with Crippen molar-refractivity contribution in [3.05, 3.63) is 41.8 Å². The topological polar surface area (TPSA) is 65.8 Å². The zero-order valence-corrected chi connectivity index (χ0v) is 15.0. The van der Waals surface area contributed by atoms with Crippen LogP contribution in [0.3, 0.4) is 0 Å². The molecule has 0 amide bonds. The van der Waals surface area contributed by atoms with Crippen LogP contribution in [0, 0.1) is 6.92 Å². The Hall–Kier alpha value is -2.89. The third-order valence-electron chi connectivity index (χ3n) is 4.07. The summed E-state index contributed by atoms with van der Waals surface area (Å²) in [4.78, 5) is 4.31. The Morgan fingerprint density at radius 2 is 1.68 bits per heavy atom. The molecule has 0 aliphatic carbocycles. The Morgan fingerprint density at radius 1 is 1.00 bits per heavy atom. The Morgan fingerprint density at radius 3 is 2.28 bits per heavy atom. The molecule has 1 aromatic heterocycles. The van der Waals surface area contributed by atoms with Crippen LogP contribution in [-0.2, 0) is 0 Å². The molecule has 0 unspecified atom stereocenters. The fraction of sp³-hybridized carbons (Fsp3) is 0.316. The van der Waals surface area contributed by atoms with Crippen molar-refractivity contribution in [3.8, 4) is 17.2 Å². The molecule has 3 aromatic rings. The fourth-order valence-electron chi connectivity index (χ4n) is 2.81. The molecule has 1 N–H and O–H groups in total. The quantitative estimate of drug-likeness (QED) is 0.719. The second-order valence-electron chi connectivity index (χ2n) is 5.74. The van der Waals surface area contributed by atoms with E-state index in [0.29, 0.717) is 23.1 Å². The predicted molar refractivity (Wildman–Crippen MR) is 96.9 cm³/mol. The lowest BCUT2D eigenvalue weighted by molar-refractivity contribution is 0.323. The molecule has 0 fully saturated rings. The van der Waals surface area contributed by atoms with Gasteiger partial charge in [-0.2, -0.15) is 0 Å². The predicted octanol–water partition coefficient (Wildman–Crippen LogP) is 4.34. The van der Waals surface area contributed by atoms with E-state index in [1.165, 1.54) is 0 Å². The van der Waals surface area contributed by atoms with E-state index in [2.05, 4.69) is 17.2 Å². The summed E-state index contributed by atoms with van der Waals surface area (Å²) in [5, 5.41) is 3.46. The van der Waals surface area contributed by atoms with E-state index in [1.54, 1.807) is 21.3 Å². The number of fused-ring (bicyclic) bond motifs is 1. The molecule has 25 heavy (non-hydrogen) atoms. The molecule has 3 rings (SSSR count). The van der Waals surface area contributed by atoms with Crippen molar-refractivity contribution in [2.24, 2.45) is 0 Å². The van der Waals surface area contributed by atoms with Gasteiger partial charge in [0, 0.05) is 24.7 Å². The highest BCUT2D eigenvalue weighted by atomic mass is 16.5. The van der Waals surface area contributed by atoms with Gasteiger partial charge in [-0.15, -0.1) is 0 Å². The first-order valence-electron chi connectivity index (χ1n) is 7.99. The molecule has 0 aliphatic rings. The van der Waals surface area contributed by atoms with Gasteiger partial charge >= 0.3 is 0 Å². The number of ether oxygens (including phenoxy) is 3. The van der Waals surface area contributed by atoms with Gasteiger partial charge in [-0.05, 0) is 36.8 Å². The average Bonchev–Trinajstić information content (AvgIpc) is 2.99. The number of aromatic nitrogens is 1. The highest BCUT2D eigenvalue weighted by molar-refractivity contribution is 5.77. The smallest absolute Gasteiger partial charge is 0.203 e. The van der Waals surface area contributed by atoms with Crippen LogP contribution in [-0.4, -0.2) is 26.3 Å². The van der Waals surface area contributed by atoms with Gasteiger partial charge < -0.3 is 23.9 Å². The summed E-state index contributed by atoms with van der Waals surface area (Å²) in [6, 6.07) is 9.78. The summed E-state index contributed by atoms with van der Waals surface area (Å²) < 4.78 is 21.8. The van der Waals surface area contributed by atoms with Crippen LogP contribution in [0.5, 0.6) is 17.2 Å². The molecule has 6 heteroatoms.